The summed E-state index contributed by atoms with van der Waals surface area (Å²) in [6.07, 6.45) is 3.41. The lowest BCUT2D eigenvalue weighted by molar-refractivity contribution is -0.134. The number of likely N-dealkylation sites (tertiary alicyclic amines) is 1. The summed E-state index contributed by atoms with van der Waals surface area (Å²) in [5.41, 5.74) is 2.19. The van der Waals surface area contributed by atoms with Crippen molar-refractivity contribution in [3.8, 4) is 0 Å². The van der Waals surface area contributed by atoms with Gasteiger partial charge in [0, 0.05) is 17.8 Å². The molecule has 1 aromatic carbocycles. The number of anilines is 2. The summed E-state index contributed by atoms with van der Waals surface area (Å²) < 4.78 is 0.821. The van der Waals surface area contributed by atoms with Gasteiger partial charge in [0.15, 0.2) is 4.34 Å². The number of nitrogens with one attached hydrogen (secondary N) is 1. The second-order valence-corrected chi connectivity index (χ2v) is 8.73. The molecular formula is C18H24N4OS2. The van der Waals surface area contributed by atoms with Crippen LogP contribution in [0.5, 0.6) is 0 Å². The van der Waals surface area contributed by atoms with Crippen LogP contribution in [0.2, 0.25) is 0 Å². The number of rotatable bonds is 5. The monoisotopic (exact) mass is 376 g/mol. The van der Waals surface area contributed by atoms with Crippen LogP contribution in [-0.4, -0.2) is 38.8 Å². The predicted octanol–water partition coefficient (Wildman–Crippen LogP) is 4.47. The van der Waals surface area contributed by atoms with E-state index < -0.39 is 0 Å². The predicted molar refractivity (Wildman–Crippen MR) is 105 cm³/mol. The average Bonchev–Trinajstić information content (AvgIpc) is 3.02. The normalized spacial score (nSPS) is 20.5. The first kappa shape index (κ1) is 18.2. The summed E-state index contributed by atoms with van der Waals surface area (Å²) in [4.78, 5) is 14.6. The Labute approximate surface area is 157 Å². The largest absolute Gasteiger partial charge is 0.337 e. The highest BCUT2D eigenvalue weighted by atomic mass is 32.2. The smallest absolute Gasteiger partial charge is 0.233 e. The zero-order chi connectivity index (χ0) is 17.8. The second-order valence-electron chi connectivity index (χ2n) is 6.53. The quantitative estimate of drug-likeness (QED) is 0.780. The minimum absolute atomic E-state index is 0.202. The molecule has 7 heteroatoms. The van der Waals surface area contributed by atoms with E-state index in [4.69, 9.17) is 0 Å². The van der Waals surface area contributed by atoms with Gasteiger partial charge in [-0.25, -0.2) is 0 Å². The highest BCUT2D eigenvalue weighted by Gasteiger charge is 2.28. The second kappa shape index (κ2) is 8.19. The molecule has 0 aliphatic carbocycles. The standard InChI is InChI=1S/C18H24N4OS2/c1-12-7-4-5-10-15(12)19-17-20-21-18(25-17)24-11-16(23)22-13(2)8-6-9-14(22)3/h4-5,7,10,13-14H,6,8-9,11H2,1-3H3,(H,19,20)/t13-,14-/m1/s1. The van der Waals surface area contributed by atoms with E-state index in [9.17, 15) is 4.79 Å². The summed E-state index contributed by atoms with van der Waals surface area (Å²) in [7, 11) is 0. The Morgan fingerprint density at radius 2 is 2.00 bits per heavy atom. The number of hydrogen-bond donors (Lipinski definition) is 1. The highest BCUT2D eigenvalue weighted by molar-refractivity contribution is 8.01. The molecule has 0 bridgehead atoms. The third-order valence-electron chi connectivity index (χ3n) is 4.59. The Balaban J connectivity index is 1.56. The third kappa shape index (κ3) is 4.52. The third-order valence-corrected chi connectivity index (χ3v) is 6.55. The Morgan fingerprint density at radius 3 is 2.72 bits per heavy atom. The van der Waals surface area contributed by atoms with Gasteiger partial charge in [-0.2, -0.15) is 0 Å². The SMILES string of the molecule is Cc1ccccc1Nc1nnc(SCC(=O)N2[C@H](C)CCC[C@H]2C)s1. The van der Waals surface area contributed by atoms with Crippen molar-refractivity contribution in [1.29, 1.82) is 0 Å². The van der Waals surface area contributed by atoms with Crippen LogP contribution in [0.4, 0.5) is 10.8 Å². The number of carbonyl (C=O) groups is 1. The van der Waals surface area contributed by atoms with Crippen molar-refractivity contribution >= 4 is 39.8 Å². The van der Waals surface area contributed by atoms with Gasteiger partial charge in [0.25, 0.3) is 0 Å². The lowest BCUT2D eigenvalue weighted by Gasteiger charge is -2.39. The summed E-state index contributed by atoms with van der Waals surface area (Å²) in [6.45, 7) is 6.35. The van der Waals surface area contributed by atoms with Crippen molar-refractivity contribution in [1.82, 2.24) is 15.1 Å². The number of amides is 1. The molecule has 1 saturated heterocycles. The van der Waals surface area contributed by atoms with Crippen LogP contribution in [0.1, 0.15) is 38.7 Å². The summed E-state index contributed by atoms with van der Waals surface area (Å²) >= 11 is 2.96. The van der Waals surface area contributed by atoms with Gasteiger partial charge in [-0.05, 0) is 51.7 Å². The molecule has 0 unspecified atom stereocenters. The van der Waals surface area contributed by atoms with Crippen molar-refractivity contribution in [2.24, 2.45) is 0 Å². The maximum atomic E-state index is 12.6. The summed E-state index contributed by atoms with van der Waals surface area (Å²) in [5.74, 6) is 0.626. The van der Waals surface area contributed by atoms with Crippen molar-refractivity contribution in [3.63, 3.8) is 0 Å². The molecule has 1 aliphatic rings. The number of para-hydroxylation sites is 1. The molecule has 5 nitrogen and oxygen atoms in total. The Bertz CT molecular complexity index is 723. The van der Waals surface area contributed by atoms with Gasteiger partial charge in [-0.3, -0.25) is 4.79 Å². The molecule has 2 atom stereocenters. The van der Waals surface area contributed by atoms with Crippen LogP contribution in [0.15, 0.2) is 28.6 Å². The fourth-order valence-corrected chi connectivity index (χ4v) is 4.89. The number of aryl methyl sites for hydroxylation is 1. The van der Waals surface area contributed by atoms with Gasteiger partial charge in [0.2, 0.25) is 11.0 Å². The van der Waals surface area contributed by atoms with E-state index in [0.717, 1.165) is 33.6 Å². The molecule has 0 radical (unpaired) electrons. The molecule has 2 aromatic rings. The van der Waals surface area contributed by atoms with E-state index >= 15 is 0 Å². The van der Waals surface area contributed by atoms with Crippen molar-refractivity contribution in [2.75, 3.05) is 11.1 Å². The number of carbonyl (C=O) groups excluding carboxylic acids is 1. The average molecular weight is 377 g/mol. The minimum Gasteiger partial charge on any atom is -0.337 e. The number of thioether (sulfide) groups is 1. The summed E-state index contributed by atoms with van der Waals surface area (Å²) in [6, 6.07) is 8.75. The van der Waals surface area contributed by atoms with E-state index in [1.165, 1.54) is 29.5 Å². The van der Waals surface area contributed by atoms with Gasteiger partial charge < -0.3 is 10.2 Å². The highest BCUT2D eigenvalue weighted by Crippen LogP contribution is 2.30. The van der Waals surface area contributed by atoms with Crippen molar-refractivity contribution in [2.45, 2.75) is 56.5 Å². The van der Waals surface area contributed by atoms with E-state index in [1.807, 2.05) is 23.1 Å². The fourth-order valence-electron chi connectivity index (χ4n) is 3.26. The topological polar surface area (TPSA) is 58.1 Å². The minimum atomic E-state index is 0.202. The van der Waals surface area contributed by atoms with Crippen LogP contribution >= 0.6 is 23.1 Å². The molecule has 2 heterocycles. The first-order chi connectivity index (χ1) is 12.0. The molecule has 0 saturated carbocycles. The molecule has 25 heavy (non-hydrogen) atoms. The van der Waals surface area contributed by atoms with Crippen LogP contribution in [0, 0.1) is 6.92 Å². The van der Waals surface area contributed by atoms with Crippen LogP contribution < -0.4 is 5.32 Å². The summed E-state index contributed by atoms with van der Waals surface area (Å²) in [5, 5.41) is 12.4. The van der Waals surface area contributed by atoms with Crippen LogP contribution in [0.3, 0.4) is 0 Å². The number of nitrogens with zero attached hydrogens (tertiary/aromatic N) is 3. The Kier molecular flexibility index (Phi) is 5.96. The number of piperidine rings is 1. The van der Waals surface area contributed by atoms with E-state index in [1.54, 1.807) is 0 Å². The molecule has 134 valence electrons. The van der Waals surface area contributed by atoms with Gasteiger partial charge in [-0.15, -0.1) is 10.2 Å². The molecule has 1 aliphatic heterocycles. The molecule has 1 amide bonds. The maximum absolute atomic E-state index is 12.6. The molecule has 0 spiro atoms. The van der Waals surface area contributed by atoms with E-state index in [2.05, 4.69) is 42.4 Å². The lowest BCUT2D eigenvalue weighted by atomic mass is 9.98. The molecule has 1 N–H and O–H groups in total. The first-order valence-corrected chi connectivity index (χ1v) is 10.4. The first-order valence-electron chi connectivity index (χ1n) is 8.64. The Morgan fingerprint density at radius 1 is 1.28 bits per heavy atom. The van der Waals surface area contributed by atoms with Gasteiger partial charge in [0.1, 0.15) is 0 Å². The number of benzene rings is 1. The molecule has 3 rings (SSSR count). The lowest BCUT2D eigenvalue weighted by Crippen LogP contribution is -2.48. The fraction of sp³-hybridized carbons (Fsp3) is 0.500. The number of aromatic nitrogens is 2. The zero-order valence-electron chi connectivity index (χ0n) is 14.9. The van der Waals surface area contributed by atoms with Crippen molar-refractivity contribution in [3.05, 3.63) is 29.8 Å². The van der Waals surface area contributed by atoms with E-state index in [0.29, 0.717) is 17.8 Å². The molecule has 1 fully saturated rings. The molecular weight excluding hydrogens is 352 g/mol. The van der Waals surface area contributed by atoms with E-state index in [-0.39, 0.29) is 5.91 Å². The number of hydrogen-bond acceptors (Lipinski definition) is 6. The van der Waals surface area contributed by atoms with Crippen LogP contribution in [-0.2, 0) is 4.79 Å². The van der Waals surface area contributed by atoms with Gasteiger partial charge >= 0.3 is 0 Å². The zero-order valence-corrected chi connectivity index (χ0v) is 16.5. The molecule has 1 aromatic heterocycles. The van der Waals surface area contributed by atoms with Gasteiger partial charge in [-0.1, -0.05) is 41.3 Å². The Hall–Kier alpha value is -1.60. The maximum Gasteiger partial charge on any atom is 0.233 e. The van der Waals surface area contributed by atoms with Crippen molar-refractivity contribution < 1.29 is 4.79 Å². The van der Waals surface area contributed by atoms with Crippen LogP contribution in [0.25, 0.3) is 0 Å². The van der Waals surface area contributed by atoms with Gasteiger partial charge in [0.05, 0.1) is 5.75 Å².